The zero-order valence-electron chi connectivity index (χ0n) is 8.42. The second-order valence-corrected chi connectivity index (χ2v) is 3.02. The van der Waals surface area contributed by atoms with Gasteiger partial charge in [-0.2, -0.15) is 0 Å². The number of benzene rings is 1. The lowest BCUT2D eigenvalue weighted by molar-refractivity contribution is 0.358. The van der Waals surface area contributed by atoms with Gasteiger partial charge in [0, 0.05) is 0 Å². The predicted octanol–water partition coefficient (Wildman–Crippen LogP) is 1.89. The highest BCUT2D eigenvalue weighted by molar-refractivity contribution is 5.84. The third-order valence-corrected chi connectivity index (χ3v) is 2.11. The molecule has 2 aromatic rings. The van der Waals surface area contributed by atoms with Crippen molar-refractivity contribution in [1.82, 2.24) is 9.97 Å². The number of aromatic amines is 1. The van der Waals surface area contributed by atoms with Crippen LogP contribution in [0.2, 0.25) is 0 Å². The Kier molecular flexibility index (Phi) is 2.04. The highest BCUT2D eigenvalue weighted by Crippen LogP contribution is 2.33. The normalized spacial score (nSPS) is 10.5. The third-order valence-electron chi connectivity index (χ3n) is 2.11. The summed E-state index contributed by atoms with van der Waals surface area (Å²) in [5.74, 6) is 2.24. The Labute approximate surface area is 81.9 Å². The molecule has 1 aromatic carbocycles. The molecule has 4 nitrogen and oxygen atoms in total. The van der Waals surface area contributed by atoms with Crippen molar-refractivity contribution in [2.75, 3.05) is 14.2 Å². The van der Waals surface area contributed by atoms with E-state index in [1.54, 1.807) is 14.2 Å². The molecule has 0 aliphatic rings. The number of aryl methyl sites for hydroxylation is 1. The van der Waals surface area contributed by atoms with Gasteiger partial charge in [-0.3, -0.25) is 0 Å². The van der Waals surface area contributed by atoms with Crippen LogP contribution in [0.3, 0.4) is 0 Å². The molecule has 0 unspecified atom stereocenters. The lowest BCUT2D eigenvalue weighted by Crippen LogP contribution is -1.91. The van der Waals surface area contributed by atoms with Gasteiger partial charge in [-0.25, -0.2) is 4.98 Å². The van der Waals surface area contributed by atoms with Crippen LogP contribution in [0.5, 0.6) is 11.5 Å². The van der Waals surface area contributed by atoms with Gasteiger partial charge in [0.1, 0.15) is 11.3 Å². The number of nitrogens with zero attached hydrogens (tertiary/aromatic N) is 1. The van der Waals surface area contributed by atoms with E-state index in [0.29, 0.717) is 11.5 Å². The summed E-state index contributed by atoms with van der Waals surface area (Å²) in [6, 6.07) is 3.79. The monoisotopic (exact) mass is 192 g/mol. The van der Waals surface area contributed by atoms with Gasteiger partial charge in [0.15, 0.2) is 11.5 Å². The number of fused-ring (bicyclic) bond motifs is 1. The molecule has 4 heteroatoms. The Morgan fingerprint density at radius 3 is 2.64 bits per heavy atom. The molecule has 0 amide bonds. The minimum absolute atomic E-state index is 0.675. The van der Waals surface area contributed by atoms with Crippen LogP contribution in [0.1, 0.15) is 5.82 Å². The average molecular weight is 192 g/mol. The summed E-state index contributed by atoms with van der Waals surface area (Å²) in [6.45, 7) is 1.91. The van der Waals surface area contributed by atoms with Gasteiger partial charge < -0.3 is 14.5 Å². The molecule has 0 fully saturated rings. The van der Waals surface area contributed by atoms with Gasteiger partial charge >= 0.3 is 0 Å². The molecule has 0 saturated heterocycles. The van der Waals surface area contributed by atoms with Crippen molar-refractivity contribution in [3.05, 3.63) is 18.0 Å². The molecule has 1 heterocycles. The maximum atomic E-state index is 5.26. The lowest BCUT2D eigenvalue weighted by Gasteiger charge is -2.06. The van der Waals surface area contributed by atoms with Crippen LogP contribution in [0.15, 0.2) is 12.1 Å². The van der Waals surface area contributed by atoms with Crippen LogP contribution < -0.4 is 9.47 Å². The van der Waals surface area contributed by atoms with Crippen molar-refractivity contribution in [3.63, 3.8) is 0 Å². The lowest BCUT2D eigenvalue weighted by atomic mass is 10.2. The Hall–Kier alpha value is -1.71. The summed E-state index contributed by atoms with van der Waals surface area (Å²) in [6.07, 6.45) is 0. The third kappa shape index (κ3) is 1.19. The Morgan fingerprint density at radius 1 is 1.21 bits per heavy atom. The van der Waals surface area contributed by atoms with E-state index in [2.05, 4.69) is 9.97 Å². The van der Waals surface area contributed by atoms with E-state index in [1.807, 2.05) is 19.1 Å². The fourth-order valence-corrected chi connectivity index (χ4v) is 1.51. The zero-order chi connectivity index (χ0) is 10.1. The van der Waals surface area contributed by atoms with Crippen molar-refractivity contribution in [3.8, 4) is 11.5 Å². The van der Waals surface area contributed by atoms with Crippen molar-refractivity contribution in [1.29, 1.82) is 0 Å². The number of nitrogens with one attached hydrogen (secondary N) is 1. The van der Waals surface area contributed by atoms with Gasteiger partial charge in [-0.1, -0.05) is 0 Å². The number of imidazole rings is 1. The quantitative estimate of drug-likeness (QED) is 0.790. The maximum Gasteiger partial charge on any atom is 0.188 e. The van der Waals surface area contributed by atoms with E-state index in [9.17, 15) is 0 Å². The van der Waals surface area contributed by atoms with Crippen LogP contribution in [0.25, 0.3) is 11.0 Å². The van der Waals surface area contributed by atoms with Crippen molar-refractivity contribution < 1.29 is 9.47 Å². The number of hydrogen-bond donors (Lipinski definition) is 1. The van der Waals surface area contributed by atoms with Gasteiger partial charge in [0.25, 0.3) is 0 Å². The molecule has 0 aliphatic heterocycles. The number of hydrogen-bond acceptors (Lipinski definition) is 3. The number of aromatic nitrogens is 2. The Morgan fingerprint density at radius 2 is 2.00 bits per heavy atom. The number of rotatable bonds is 2. The molecular weight excluding hydrogens is 180 g/mol. The molecule has 0 aliphatic carbocycles. The van der Waals surface area contributed by atoms with E-state index >= 15 is 0 Å². The summed E-state index contributed by atoms with van der Waals surface area (Å²) in [7, 11) is 3.23. The van der Waals surface area contributed by atoms with Crippen LogP contribution in [-0.2, 0) is 0 Å². The smallest absolute Gasteiger partial charge is 0.188 e. The van der Waals surface area contributed by atoms with Gasteiger partial charge in [0.05, 0.1) is 19.7 Å². The molecule has 1 N–H and O–H groups in total. The first kappa shape index (κ1) is 8.87. The van der Waals surface area contributed by atoms with Crippen LogP contribution in [0, 0.1) is 6.92 Å². The topological polar surface area (TPSA) is 47.1 Å². The van der Waals surface area contributed by atoms with Gasteiger partial charge in [0.2, 0.25) is 0 Å². The molecule has 2 rings (SSSR count). The van der Waals surface area contributed by atoms with Crippen LogP contribution in [0.4, 0.5) is 0 Å². The molecule has 0 saturated carbocycles. The summed E-state index contributed by atoms with van der Waals surface area (Å²) in [5.41, 5.74) is 1.77. The molecular formula is C10H12N2O2. The zero-order valence-corrected chi connectivity index (χ0v) is 8.42. The molecule has 14 heavy (non-hydrogen) atoms. The minimum Gasteiger partial charge on any atom is -0.493 e. The van der Waals surface area contributed by atoms with Crippen molar-refractivity contribution in [2.45, 2.75) is 6.92 Å². The average Bonchev–Trinajstić information content (AvgIpc) is 2.56. The predicted molar refractivity (Wildman–Crippen MR) is 53.9 cm³/mol. The highest BCUT2D eigenvalue weighted by atomic mass is 16.5. The van der Waals surface area contributed by atoms with Crippen molar-refractivity contribution >= 4 is 11.0 Å². The first-order valence-corrected chi connectivity index (χ1v) is 4.33. The molecule has 0 radical (unpaired) electrons. The fourth-order valence-electron chi connectivity index (χ4n) is 1.51. The van der Waals surface area contributed by atoms with E-state index in [0.717, 1.165) is 16.9 Å². The summed E-state index contributed by atoms with van der Waals surface area (Å²) < 4.78 is 10.4. The Bertz CT molecular complexity index is 462. The summed E-state index contributed by atoms with van der Waals surface area (Å²) in [4.78, 5) is 7.47. The van der Waals surface area contributed by atoms with Crippen molar-refractivity contribution in [2.24, 2.45) is 0 Å². The largest absolute Gasteiger partial charge is 0.493 e. The van der Waals surface area contributed by atoms with E-state index < -0.39 is 0 Å². The molecule has 1 aromatic heterocycles. The van der Waals surface area contributed by atoms with Gasteiger partial charge in [-0.05, 0) is 19.1 Å². The first-order chi connectivity index (χ1) is 6.76. The van der Waals surface area contributed by atoms with Crippen LogP contribution >= 0.6 is 0 Å². The highest BCUT2D eigenvalue weighted by Gasteiger charge is 2.11. The number of ether oxygens (including phenoxy) is 2. The maximum absolute atomic E-state index is 5.26. The van der Waals surface area contributed by atoms with E-state index in [-0.39, 0.29) is 0 Å². The molecule has 74 valence electrons. The standard InChI is InChI=1S/C10H12N2O2/c1-6-11-7-4-5-8(13-2)10(14-3)9(7)12-6/h4-5H,1-3H3,(H,11,12). The fraction of sp³-hybridized carbons (Fsp3) is 0.300. The summed E-state index contributed by atoms with van der Waals surface area (Å²) >= 11 is 0. The molecule has 0 bridgehead atoms. The Balaban J connectivity index is 2.75. The molecule has 0 atom stereocenters. The minimum atomic E-state index is 0.675. The first-order valence-electron chi connectivity index (χ1n) is 4.33. The van der Waals surface area contributed by atoms with E-state index in [4.69, 9.17) is 9.47 Å². The van der Waals surface area contributed by atoms with E-state index in [1.165, 1.54) is 0 Å². The number of H-pyrrole nitrogens is 1. The second kappa shape index (κ2) is 3.21. The van der Waals surface area contributed by atoms with Gasteiger partial charge in [-0.15, -0.1) is 0 Å². The second-order valence-electron chi connectivity index (χ2n) is 3.02. The van der Waals surface area contributed by atoms with Crippen LogP contribution in [-0.4, -0.2) is 24.2 Å². The SMILES string of the molecule is COc1ccc2[nH]c(C)nc2c1OC. The number of methoxy groups -OCH3 is 2. The summed E-state index contributed by atoms with van der Waals surface area (Å²) in [5, 5.41) is 0. The molecule has 0 spiro atoms.